The SMILES string of the molecule is CCCCOC[C@@]1(CN)O[C@@H](n2cc(C)c(=O)[nH]c2=O)[C@@H](N)C1OCCCC. The lowest BCUT2D eigenvalue weighted by Gasteiger charge is -2.33. The van der Waals surface area contributed by atoms with Crippen molar-refractivity contribution < 1.29 is 14.2 Å². The monoisotopic (exact) mass is 398 g/mol. The Balaban J connectivity index is 2.32. The van der Waals surface area contributed by atoms with Crippen LogP contribution >= 0.6 is 0 Å². The van der Waals surface area contributed by atoms with Gasteiger partial charge in [-0.05, 0) is 19.8 Å². The molecule has 1 saturated heterocycles. The molecule has 1 unspecified atom stereocenters. The van der Waals surface area contributed by atoms with Gasteiger partial charge < -0.3 is 25.7 Å². The van der Waals surface area contributed by atoms with Gasteiger partial charge in [0.2, 0.25) is 0 Å². The summed E-state index contributed by atoms with van der Waals surface area (Å²) in [4.78, 5) is 26.4. The van der Waals surface area contributed by atoms with Crippen molar-refractivity contribution in [3.8, 4) is 0 Å². The fraction of sp³-hybridized carbons (Fsp3) is 0.789. The maximum Gasteiger partial charge on any atom is 0.330 e. The number of H-pyrrole nitrogens is 1. The molecule has 9 nitrogen and oxygen atoms in total. The number of nitrogens with one attached hydrogen (secondary N) is 1. The molecule has 0 saturated carbocycles. The van der Waals surface area contributed by atoms with Crippen LogP contribution in [0.3, 0.4) is 0 Å². The van der Waals surface area contributed by atoms with Crippen molar-refractivity contribution in [3.05, 3.63) is 32.6 Å². The van der Waals surface area contributed by atoms with Gasteiger partial charge in [-0.25, -0.2) is 4.79 Å². The highest BCUT2D eigenvalue weighted by atomic mass is 16.6. The van der Waals surface area contributed by atoms with Crippen molar-refractivity contribution >= 4 is 0 Å². The highest BCUT2D eigenvalue weighted by Crippen LogP contribution is 2.37. The van der Waals surface area contributed by atoms with E-state index in [0.29, 0.717) is 18.8 Å². The zero-order chi connectivity index (χ0) is 20.7. The molecule has 0 aromatic carbocycles. The summed E-state index contributed by atoms with van der Waals surface area (Å²) < 4.78 is 19.4. The summed E-state index contributed by atoms with van der Waals surface area (Å²) in [6.07, 6.45) is 3.91. The van der Waals surface area contributed by atoms with Crippen LogP contribution in [0.1, 0.15) is 51.3 Å². The van der Waals surface area contributed by atoms with Crippen molar-refractivity contribution in [2.75, 3.05) is 26.4 Å². The third-order valence-corrected chi connectivity index (χ3v) is 5.10. The molecule has 5 N–H and O–H groups in total. The van der Waals surface area contributed by atoms with Gasteiger partial charge in [-0.3, -0.25) is 14.3 Å². The largest absolute Gasteiger partial charge is 0.378 e. The summed E-state index contributed by atoms with van der Waals surface area (Å²) in [5.74, 6) is 0. The van der Waals surface area contributed by atoms with E-state index in [1.807, 2.05) is 0 Å². The van der Waals surface area contributed by atoms with Crippen LogP contribution in [0.4, 0.5) is 0 Å². The number of hydrogen-bond acceptors (Lipinski definition) is 7. The van der Waals surface area contributed by atoms with E-state index in [1.54, 1.807) is 6.92 Å². The molecule has 0 amide bonds. The summed E-state index contributed by atoms with van der Waals surface area (Å²) in [6, 6.07) is -0.641. The van der Waals surface area contributed by atoms with Crippen LogP contribution in [-0.2, 0) is 14.2 Å². The maximum atomic E-state index is 12.4. The number of nitrogens with two attached hydrogens (primary N) is 2. The Morgan fingerprint density at radius 2 is 1.93 bits per heavy atom. The molecule has 0 radical (unpaired) electrons. The predicted molar refractivity (Wildman–Crippen MR) is 106 cm³/mol. The number of aromatic nitrogens is 2. The quantitative estimate of drug-likeness (QED) is 0.459. The fourth-order valence-electron chi connectivity index (χ4n) is 3.35. The van der Waals surface area contributed by atoms with E-state index in [1.165, 1.54) is 10.8 Å². The van der Waals surface area contributed by atoms with E-state index >= 15 is 0 Å². The van der Waals surface area contributed by atoms with Gasteiger partial charge in [0, 0.05) is 31.5 Å². The molecule has 9 heteroatoms. The Morgan fingerprint density at radius 1 is 1.25 bits per heavy atom. The highest BCUT2D eigenvalue weighted by molar-refractivity contribution is 5.08. The number of nitrogens with zero attached hydrogens (tertiary/aromatic N) is 1. The first-order valence-electron chi connectivity index (χ1n) is 10.0. The molecule has 1 aromatic rings. The van der Waals surface area contributed by atoms with Crippen LogP contribution in [0.15, 0.2) is 15.8 Å². The summed E-state index contributed by atoms with van der Waals surface area (Å²) in [6.45, 7) is 7.24. The normalized spacial score (nSPS) is 27.4. The van der Waals surface area contributed by atoms with Crippen molar-refractivity contribution in [2.45, 2.75) is 70.4 Å². The average Bonchev–Trinajstić information content (AvgIpc) is 2.95. The van der Waals surface area contributed by atoms with Gasteiger partial charge in [0.25, 0.3) is 5.56 Å². The first-order valence-corrected chi connectivity index (χ1v) is 10.0. The van der Waals surface area contributed by atoms with Crippen LogP contribution in [0.25, 0.3) is 0 Å². The summed E-state index contributed by atoms with van der Waals surface area (Å²) >= 11 is 0. The fourth-order valence-corrected chi connectivity index (χ4v) is 3.35. The molecule has 4 atom stereocenters. The third kappa shape index (κ3) is 4.90. The zero-order valence-corrected chi connectivity index (χ0v) is 17.1. The van der Waals surface area contributed by atoms with E-state index < -0.39 is 35.2 Å². The second-order valence-electron chi connectivity index (χ2n) is 7.38. The minimum Gasteiger partial charge on any atom is -0.378 e. The number of rotatable bonds is 11. The molecular formula is C19H34N4O5. The van der Waals surface area contributed by atoms with E-state index in [0.717, 1.165) is 25.7 Å². The zero-order valence-electron chi connectivity index (χ0n) is 17.1. The second-order valence-corrected chi connectivity index (χ2v) is 7.38. The lowest BCUT2D eigenvalue weighted by Crippen LogP contribution is -2.55. The molecule has 0 aliphatic carbocycles. The summed E-state index contributed by atoms with van der Waals surface area (Å²) in [5.41, 5.74) is 11.0. The number of hydrogen-bond donors (Lipinski definition) is 3. The van der Waals surface area contributed by atoms with Crippen LogP contribution in [-0.4, -0.2) is 53.7 Å². The van der Waals surface area contributed by atoms with Gasteiger partial charge in [-0.15, -0.1) is 0 Å². The molecule has 0 bridgehead atoms. The van der Waals surface area contributed by atoms with Crippen molar-refractivity contribution in [2.24, 2.45) is 11.5 Å². The highest BCUT2D eigenvalue weighted by Gasteiger charge is 2.55. The average molecular weight is 399 g/mol. The Hall–Kier alpha value is -1.52. The number of ether oxygens (including phenoxy) is 3. The van der Waals surface area contributed by atoms with E-state index in [9.17, 15) is 9.59 Å². The topological polar surface area (TPSA) is 135 Å². The molecule has 1 aliphatic rings. The first kappa shape index (κ1) is 22.8. The molecule has 2 rings (SSSR count). The van der Waals surface area contributed by atoms with E-state index in [-0.39, 0.29) is 13.2 Å². The van der Waals surface area contributed by atoms with Gasteiger partial charge in [0.1, 0.15) is 11.7 Å². The predicted octanol–water partition coefficient (Wildman–Crippen LogP) is 0.401. The third-order valence-electron chi connectivity index (χ3n) is 5.10. The molecule has 0 spiro atoms. The Morgan fingerprint density at radius 3 is 2.57 bits per heavy atom. The molecular weight excluding hydrogens is 364 g/mol. The molecule has 1 aliphatic heterocycles. The maximum absolute atomic E-state index is 12.4. The van der Waals surface area contributed by atoms with Gasteiger partial charge in [0.05, 0.1) is 12.6 Å². The summed E-state index contributed by atoms with van der Waals surface area (Å²) in [7, 11) is 0. The van der Waals surface area contributed by atoms with Crippen LogP contribution in [0.2, 0.25) is 0 Å². The van der Waals surface area contributed by atoms with Gasteiger partial charge >= 0.3 is 5.69 Å². The molecule has 1 aromatic heterocycles. The minimum atomic E-state index is -0.963. The second kappa shape index (κ2) is 10.3. The molecule has 1 fully saturated rings. The lowest BCUT2D eigenvalue weighted by molar-refractivity contribution is -0.147. The molecule has 160 valence electrons. The van der Waals surface area contributed by atoms with E-state index in [4.69, 9.17) is 25.7 Å². The minimum absolute atomic E-state index is 0.136. The van der Waals surface area contributed by atoms with Crippen molar-refractivity contribution in [1.29, 1.82) is 0 Å². The molecule has 2 heterocycles. The Kier molecular flexibility index (Phi) is 8.38. The van der Waals surface area contributed by atoms with Gasteiger partial charge in [0.15, 0.2) is 6.23 Å². The van der Waals surface area contributed by atoms with Gasteiger partial charge in [-0.1, -0.05) is 26.7 Å². The molecule has 28 heavy (non-hydrogen) atoms. The van der Waals surface area contributed by atoms with Crippen LogP contribution in [0, 0.1) is 6.92 Å². The lowest BCUT2D eigenvalue weighted by atomic mass is 9.94. The standard InChI is InChI=1S/C19H34N4O5/c1-4-6-8-26-12-19(11-20)15(27-9-7-5-2)14(21)17(28-19)23-10-13(3)16(24)22-18(23)25/h10,14-15,17H,4-9,11-12,20-21H2,1-3H3,(H,22,24,25)/t14-,15?,17+,19+/m0/s1. The van der Waals surface area contributed by atoms with Crippen LogP contribution in [0.5, 0.6) is 0 Å². The van der Waals surface area contributed by atoms with E-state index in [2.05, 4.69) is 18.8 Å². The number of unbranched alkanes of at least 4 members (excludes halogenated alkanes) is 2. The number of aromatic amines is 1. The Bertz CT molecular complexity index is 734. The Labute approximate surface area is 165 Å². The van der Waals surface area contributed by atoms with Crippen molar-refractivity contribution in [1.82, 2.24) is 9.55 Å². The van der Waals surface area contributed by atoms with Crippen molar-refractivity contribution in [3.63, 3.8) is 0 Å². The smallest absolute Gasteiger partial charge is 0.330 e. The summed E-state index contributed by atoms with van der Waals surface area (Å²) in [5, 5.41) is 0. The first-order chi connectivity index (χ1) is 13.4. The van der Waals surface area contributed by atoms with Gasteiger partial charge in [-0.2, -0.15) is 0 Å². The number of aryl methyl sites for hydroxylation is 1. The van der Waals surface area contributed by atoms with Crippen LogP contribution < -0.4 is 22.7 Å².